The van der Waals surface area contributed by atoms with E-state index in [4.69, 9.17) is 9.47 Å². The number of fused-ring (bicyclic) bond motifs is 1. The lowest BCUT2D eigenvalue weighted by Gasteiger charge is -2.33. The van der Waals surface area contributed by atoms with Crippen molar-refractivity contribution >= 4 is 17.6 Å². The standard InChI is InChI=1S/C14H15NO6/c1-20-12(16)14(13(17)21-2)7-3-4-9-8-10(15(18)19)5-6-11(9)14/h5-6,8H,3-4,7H2,1-2H3. The van der Waals surface area contributed by atoms with E-state index in [9.17, 15) is 19.7 Å². The molecule has 7 heteroatoms. The first-order chi connectivity index (χ1) is 9.97. The third-order valence-corrected chi connectivity index (χ3v) is 3.83. The molecule has 1 aliphatic rings. The van der Waals surface area contributed by atoms with Crippen molar-refractivity contribution in [2.45, 2.75) is 24.7 Å². The molecule has 1 aromatic rings. The Kier molecular flexibility index (Phi) is 3.93. The van der Waals surface area contributed by atoms with E-state index in [-0.39, 0.29) is 12.1 Å². The summed E-state index contributed by atoms with van der Waals surface area (Å²) in [7, 11) is 2.40. The third-order valence-electron chi connectivity index (χ3n) is 3.83. The first kappa shape index (κ1) is 15.0. The number of non-ortho nitro benzene ring substituents is 1. The van der Waals surface area contributed by atoms with Crippen LogP contribution in [0, 0.1) is 10.1 Å². The molecule has 1 aliphatic carbocycles. The molecule has 112 valence electrons. The van der Waals surface area contributed by atoms with Crippen LogP contribution in [0.25, 0.3) is 0 Å². The molecule has 21 heavy (non-hydrogen) atoms. The Balaban J connectivity index is 2.64. The second kappa shape index (κ2) is 5.51. The molecule has 0 saturated heterocycles. The van der Waals surface area contributed by atoms with E-state index < -0.39 is 22.3 Å². The number of rotatable bonds is 3. The summed E-state index contributed by atoms with van der Waals surface area (Å²) in [6.07, 6.45) is 1.36. The number of nitro groups is 1. The van der Waals surface area contributed by atoms with Crippen LogP contribution in [-0.2, 0) is 30.9 Å². The molecule has 0 saturated carbocycles. The van der Waals surface area contributed by atoms with Crippen LogP contribution in [0.4, 0.5) is 5.69 Å². The summed E-state index contributed by atoms with van der Waals surface area (Å²) >= 11 is 0. The van der Waals surface area contributed by atoms with Crippen molar-refractivity contribution in [3.63, 3.8) is 0 Å². The van der Waals surface area contributed by atoms with E-state index in [0.717, 1.165) is 0 Å². The van der Waals surface area contributed by atoms with Crippen LogP contribution >= 0.6 is 0 Å². The number of benzene rings is 1. The predicted molar refractivity (Wildman–Crippen MR) is 71.7 cm³/mol. The highest BCUT2D eigenvalue weighted by molar-refractivity contribution is 6.07. The zero-order valence-corrected chi connectivity index (χ0v) is 11.8. The summed E-state index contributed by atoms with van der Waals surface area (Å²) in [5, 5.41) is 10.9. The summed E-state index contributed by atoms with van der Waals surface area (Å²) in [6.45, 7) is 0. The van der Waals surface area contributed by atoms with Gasteiger partial charge in [-0.1, -0.05) is 6.07 Å². The average molecular weight is 293 g/mol. The first-order valence-corrected chi connectivity index (χ1v) is 6.42. The van der Waals surface area contributed by atoms with E-state index >= 15 is 0 Å². The third kappa shape index (κ3) is 2.24. The highest BCUT2D eigenvalue weighted by Gasteiger charge is 2.52. The van der Waals surface area contributed by atoms with Crippen LogP contribution < -0.4 is 0 Å². The predicted octanol–water partition coefficient (Wildman–Crippen LogP) is 1.51. The number of nitrogens with zero attached hydrogens (tertiary/aromatic N) is 1. The van der Waals surface area contributed by atoms with Crippen LogP contribution in [0.1, 0.15) is 24.0 Å². The van der Waals surface area contributed by atoms with Crippen molar-refractivity contribution < 1.29 is 24.0 Å². The molecular formula is C14H15NO6. The molecule has 0 unspecified atom stereocenters. The molecule has 0 aromatic heterocycles. The maximum atomic E-state index is 12.2. The summed E-state index contributed by atoms with van der Waals surface area (Å²) in [5.74, 6) is -1.41. The fraction of sp³-hybridized carbons (Fsp3) is 0.429. The van der Waals surface area contributed by atoms with Gasteiger partial charge in [-0.3, -0.25) is 19.7 Å². The van der Waals surface area contributed by atoms with E-state index in [1.54, 1.807) is 0 Å². The van der Waals surface area contributed by atoms with Gasteiger partial charge in [0.15, 0.2) is 5.41 Å². The monoisotopic (exact) mass is 293 g/mol. The Labute approximate surface area is 121 Å². The summed E-state index contributed by atoms with van der Waals surface area (Å²) in [6, 6.07) is 4.13. The van der Waals surface area contributed by atoms with Crippen molar-refractivity contribution in [3.05, 3.63) is 39.4 Å². The van der Waals surface area contributed by atoms with Gasteiger partial charge in [-0.15, -0.1) is 0 Å². The minimum absolute atomic E-state index is 0.0701. The fourth-order valence-corrected chi connectivity index (χ4v) is 2.85. The smallest absolute Gasteiger partial charge is 0.327 e. The second-order valence-electron chi connectivity index (χ2n) is 4.84. The van der Waals surface area contributed by atoms with Gasteiger partial charge in [0.25, 0.3) is 5.69 Å². The van der Waals surface area contributed by atoms with Gasteiger partial charge in [0.1, 0.15) is 0 Å². The second-order valence-corrected chi connectivity index (χ2v) is 4.84. The maximum Gasteiger partial charge on any atom is 0.327 e. The summed E-state index contributed by atoms with van der Waals surface area (Å²) in [4.78, 5) is 34.8. The molecule has 0 aliphatic heterocycles. The van der Waals surface area contributed by atoms with Gasteiger partial charge < -0.3 is 9.47 Å². The Bertz CT molecular complexity index is 593. The minimum Gasteiger partial charge on any atom is -0.468 e. The number of ether oxygens (including phenoxy) is 2. The zero-order valence-electron chi connectivity index (χ0n) is 11.8. The molecule has 2 rings (SSSR count). The van der Waals surface area contributed by atoms with Crippen molar-refractivity contribution in [1.82, 2.24) is 0 Å². The van der Waals surface area contributed by atoms with E-state index in [0.29, 0.717) is 24.0 Å². The van der Waals surface area contributed by atoms with Crippen molar-refractivity contribution in [3.8, 4) is 0 Å². The molecule has 0 spiro atoms. The van der Waals surface area contributed by atoms with Crippen LogP contribution in [0.5, 0.6) is 0 Å². The van der Waals surface area contributed by atoms with Gasteiger partial charge >= 0.3 is 11.9 Å². The molecule has 0 atom stereocenters. The van der Waals surface area contributed by atoms with Gasteiger partial charge in [0, 0.05) is 12.1 Å². The molecule has 0 amide bonds. The lowest BCUT2D eigenvalue weighted by molar-refractivity contribution is -0.385. The van der Waals surface area contributed by atoms with Crippen molar-refractivity contribution in [2.24, 2.45) is 0 Å². The van der Waals surface area contributed by atoms with Crippen molar-refractivity contribution in [1.29, 1.82) is 0 Å². The largest absolute Gasteiger partial charge is 0.468 e. The number of carbonyl (C=O) groups excluding carboxylic acids is 2. The van der Waals surface area contributed by atoms with E-state index in [2.05, 4.69) is 0 Å². The number of carbonyl (C=O) groups is 2. The normalized spacial score (nSPS) is 15.7. The first-order valence-electron chi connectivity index (χ1n) is 6.42. The molecule has 0 radical (unpaired) electrons. The Morgan fingerprint density at radius 1 is 1.24 bits per heavy atom. The molecule has 0 N–H and O–H groups in total. The van der Waals surface area contributed by atoms with Gasteiger partial charge in [-0.05, 0) is 30.4 Å². The molecule has 0 fully saturated rings. The summed E-state index contributed by atoms with van der Waals surface area (Å²) in [5.41, 5.74) is -0.574. The van der Waals surface area contributed by atoms with E-state index in [1.807, 2.05) is 0 Å². The van der Waals surface area contributed by atoms with E-state index in [1.165, 1.54) is 32.4 Å². The maximum absolute atomic E-state index is 12.2. The number of esters is 2. The lowest BCUT2D eigenvalue weighted by Crippen LogP contribution is -2.47. The topological polar surface area (TPSA) is 95.7 Å². The highest BCUT2D eigenvalue weighted by Crippen LogP contribution is 2.40. The van der Waals surface area contributed by atoms with Crippen LogP contribution in [0.2, 0.25) is 0 Å². The number of hydrogen-bond acceptors (Lipinski definition) is 6. The molecule has 1 aromatic carbocycles. The van der Waals surface area contributed by atoms with Gasteiger partial charge in [-0.2, -0.15) is 0 Å². The molecule has 0 heterocycles. The Morgan fingerprint density at radius 3 is 2.38 bits per heavy atom. The SMILES string of the molecule is COC(=O)C1(C(=O)OC)CCCc2cc([N+](=O)[O-])ccc21. The zero-order chi connectivity index (χ0) is 15.6. The fourth-order valence-electron chi connectivity index (χ4n) is 2.85. The van der Waals surface area contributed by atoms with Gasteiger partial charge in [-0.25, -0.2) is 0 Å². The number of methoxy groups -OCH3 is 2. The summed E-state index contributed by atoms with van der Waals surface area (Å²) < 4.78 is 9.55. The number of hydrogen-bond donors (Lipinski definition) is 0. The molecular weight excluding hydrogens is 278 g/mol. The number of aryl methyl sites for hydroxylation is 1. The number of nitro benzene ring substituents is 1. The quantitative estimate of drug-likeness (QED) is 0.363. The van der Waals surface area contributed by atoms with Crippen LogP contribution in [0.15, 0.2) is 18.2 Å². The van der Waals surface area contributed by atoms with Crippen LogP contribution in [0.3, 0.4) is 0 Å². The van der Waals surface area contributed by atoms with Crippen LogP contribution in [-0.4, -0.2) is 31.1 Å². The van der Waals surface area contributed by atoms with Gasteiger partial charge in [0.05, 0.1) is 19.1 Å². The Hall–Kier alpha value is -2.44. The van der Waals surface area contributed by atoms with Gasteiger partial charge in [0.2, 0.25) is 0 Å². The minimum atomic E-state index is -1.54. The molecule has 7 nitrogen and oxygen atoms in total. The van der Waals surface area contributed by atoms with Crippen molar-refractivity contribution in [2.75, 3.05) is 14.2 Å². The molecule has 0 bridgehead atoms. The Morgan fingerprint density at radius 2 is 1.86 bits per heavy atom. The average Bonchev–Trinajstić information content (AvgIpc) is 2.51. The lowest BCUT2D eigenvalue weighted by atomic mass is 9.69. The highest BCUT2D eigenvalue weighted by atomic mass is 16.6.